The first kappa shape index (κ1) is 16.0. The molecule has 4 nitrogen and oxygen atoms in total. The summed E-state index contributed by atoms with van der Waals surface area (Å²) < 4.78 is 18.6. The van der Waals surface area contributed by atoms with Crippen molar-refractivity contribution in [2.75, 3.05) is 20.1 Å². The van der Waals surface area contributed by atoms with Crippen molar-refractivity contribution in [2.24, 2.45) is 0 Å². The van der Waals surface area contributed by atoms with Gasteiger partial charge in [-0.2, -0.15) is 0 Å². The minimum absolute atomic E-state index is 0.0619. The monoisotopic (exact) mass is 314 g/mol. The topological polar surface area (TPSA) is 41.6 Å². The van der Waals surface area contributed by atoms with Gasteiger partial charge in [-0.15, -0.1) is 0 Å². The molecule has 0 aromatic heterocycles. The number of benzene rings is 1. The van der Waals surface area contributed by atoms with Crippen LogP contribution in [0.4, 0.5) is 4.39 Å². The summed E-state index contributed by atoms with van der Waals surface area (Å²) in [6.07, 6.45) is 1.35. The number of carbonyl (C=O) groups is 1. The Morgan fingerprint density at radius 1 is 1.62 bits per heavy atom. The SMILES string of the molecule is CNC[C@@H]1CCCN1C(=O)[C@H](C)Oc1ccc(F)cc1Cl. The molecule has 0 saturated carbocycles. The molecule has 0 unspecified atom stereocenters. The molecule has 2 atom stereocenters. The van der Waals surface area contributed by atoms with E-state index in [1.54, 1.807) is 6.92 Å². The molecule has 1 amide bonds. The van der Waals surface area contributed by atoms with E-state index in [0.29, 0.717) is 5.75 Å². The summed E-state index contributed by atoms with van der Waals surface area (Å²) in [5, 5.41) is 3.27. The van der Waals surface area contributed by atoms with Crippen LogP contribution in [0.1, 0.15) is 19.8 Å². The summed E-state index contributed by atoms with van der Waals surface area (Å²) in [6.45, 7) is 3.21. The number of ether oxygens (including phenoxy) is 1. The third-order valence-electron chi connectivity index (χ3n) is 3.65. The fourth-order valence-electron chi connectivity index (χ4n) is 2.62. The number of carbonyl (C=O) groups excluding carboxylic acids is 1. The Bertz CT molecular complexity index is 512. The predicted molar refractivity (Wildman–Crippen MR) is 80.2 cm³/mol. The highest BCUT2D eigenvalue weighted by Gasteiger charge is 2.31. The van der Waals surface area contributed by atoms with Crippen LogP contribution in [0, 0.1) is 5.82 Å². The minimum Gasteiger partial charge on any atom is -0.479 e. The summed E-state index contributed by atoms with van der Waals surface area (Å²) in [4.78, 5) is 14.3. The minimum atomic E-state index is -0.648. The van der Waals surface area contributed by atoms with Crippen LogP contribution >= 0.6 is 11.6 Å². The zero-order chi connectivity index (χ0) is 15.4. The van der Waals surface area contributed by atoms with Crippen LogP contribution in [-0.4, -0.2) is 43.1 Å². The summed E-state index contributed by atoms with van der Waals surface area (Å²) in [5.74, 6) is -0.170. The largest absolute Gasteiger partial charge is 0.479 e. The van der Waals surface area contributed by atoms with Crippen LogP contribution in [0.15, 0.2) is 18.2 Å². The molecule has 0 bridgehead atoms. The van der Waals surface area contributed by atoms with Crippen molar-refractivity contribution in [3.8, 4) is 5.75 Å². The van der Waals surface area contributed by atoms with E-state index in [2.05, 4.69) is 5.32 Å². The lowest BCUT2D eigenvalue weighted by Crippen LogP contribution is -2.46. The molecule has 6 heteroatoms. The smallest absolute Gasteiger partial charge is 0.263 e. The molecular weight excluding hydrogens is 295 g/mol. The van der Waals surface area contributed by atoms with Gasteiger partial charge in [0, 0.05) is 19.1 Å². The van der Waals surface area contributed by atoms with E-state index in [4.69, 9.17) is 16.3 Å². The second kappa shape index (κ2) is 7.09. The molecule has 0 radical (unpaired) electrons. The molecule has 1 aliphatic rings. The zero-order valence-corrected chi connectivity index (χ0v) is 13.0. The molecule has 1 aromatic rings. The third-order valence-corrected chi connectivity index (χ3v) is 3.94. The van der Waals surface area contributed by atoms with Crippen molar-refractivity contribution >= 4 is 17.5 Å². The normalized spacial score (nSPS) is 19.6. The second-order valence-corrected chi connectivity index (χ2v) is 5.63. The zero-order valence-electron chi connectivity index (χ0n) is 12.2. The molecule has 1 aromatic carbocycles. The molecule has 116 valence electrons. The Morgan fingerprint density at radius 3 is 3.05 bits per heavy atom. The maximum absolute atomic E-state index is 13.0. The summed E-state index contributed by atoms with van der Waals surface area (Å²) in [6, 6.07) is 4.08. The van der Waals surface area contributed by atoms with Crippen LogP contribution in [0.25, 0.3) is 0 Å². The molecule has 1 N–H and O–H groups in total. The van der Waals surface area contributed by atoms with Gasteiger partial charge in [0.25, 0.3) is 5.91 Å². The number of nitrogens with zero attached hydrogens (tertiary/aromatic N) is 1. The van der Waals surface area contributed by atoms with Gasteiger partial charge in [-0.05, 0) is 45.0 Å². The molecule has 0 spiro atoms. The molecular formula is C15H20ClFN2O2. The first-order chi connectivity index (χ1) is 10.0. The first-order valence-electron chi connectivity index (χ1n) is 7.09. The lowest BCUT2D eigenvalue weighted by Gasteiger charge is -2.27. The standard InChI is InChI=1S/C15H20ClFN2O2/c1-10(21-14-6-5-11(17)8-13(14)16)15(20)19-7-3-4-12(19)9-18-2/h5-6,8,10,12,18H,3-4,7,9H2,1-2H3/t10-,12-/m0/s1. The van der Waals surface area contributed by atoms with Crippen molar-refractivity contribution in [3.05, 3.63) is 29.0 Å². The molecule has 1 aliphatic heterocycles. The third kappa shape index (κ3) is 3.86. The quantitative estimate of drug-likeness (QED) is 0.907. The number of halogens is 2. The first-order valence-corrected chi connectivity index (χ1v) is 7.47. The van der Waals surface area contributed by atoms with Gasteiger partial charge in [-0.1, -0.05) is 11.6 Å². The van der Waals surface area contributed by atoms with E-state index >= 15 is 0 Å². The van der Waals surface area contributed by atoms with E-state index in [-0.39, 0.29) is 17.0 Å². The van der Waals surface area contributed by atoms with Crippen molar-refractivity contribution in [1.29, 1.82) is 0 Å². The van der Waals surface area contributed by atoms with E-state index in [9.17, 15) is 9.18 Å². The molecule has 2 rings (SSSR count). The Balaban J connectivity index is 2.02. The van der Waals surface area contributed by atoms with Gasteiger partial charge >= 0.3 is 0 Å². The summed E-state index contributed by atoms with van der Waals surface area (Å²) in [7, 11) is 1.87. The van der Waals surface area contributed by atoms with Crippen molar-refractivity contribution in [3.63, 3.8) is 0 Å². The highest BCUT2D eigenvalue weighted by Crippen LogP contribution is 2.27. The average Bonchev–Trinajstić information content (AvgIpc) is 2.89. The number of hydrogen-bond donors (Lipinski definition) is 1. The second-order valence-electron chi connectivity index (χ2n) is 5.22. The van der Waals surface area contributed by atoms with Gasteiger partial charge in [-0.3, -0.25) is 4.79 Å². The fourth-order valence-corrected chi connectivity index (χ4v) is 2.83. The lowest BCUT2D eigenvalue weighted by molar-refractivity contribution is -0.138. The van der Waals surface area contributed by atoms with Crippen LogP contribution in [0.5, 0.6) is 5.75 Å². The Kier molecular flexibility index (Phi) is 5.42. The average molecular weight is 315 g/mol. The van der Waals surface area contributed by atoms with Gasteiger partial charge < -0.3 is 15.0 Å². The van der Waals surface area contributed by atoms with E-state index < -0.39 is 11.9 Å². The Morgan fingerprint density at radius 2 is 2.38 bits per heavy atom. The van der Waals surface area contributed by atoms with E-state index in [1.165, 1.54) is 18.2 Å². The van der Waals surface area contributed by atoms with Crippen LogP contribution in [0.2, 0.25) is 5.02 Å². The summed E-state index contributed by atoms with van der Waals surface area (Å²) >= 11 is 5.92. The van der Waals surface area contributed by atoms with E-state index in [0.717, 1.165) is 25.9 Å². The van der Waals surface area contributed by atoms with Gasteiger partial charge in [0.05, 0.1) is 5.02 Å². The van der Waals surface area contributed by atoms with Gasteiger partial charge in [0.1, 0.15) is 11.6 Å². The Hall–Kier alpha value is -1.33. The summed E-state index contributed by atoms with van der Waals surface area (Å²) in [5.41, 5.74) is 0. The highest BCUT2D eigenvalue weighted by atomic mass is 35.5. The number of amides is 1. The number of likely N-dealkylation sites (tertiary alicyclic amines) is 1. The van der Waals surface area contributed by atoms with Gasteiger partial charge in [0.2, 0.25) is 0 Å². The highest BCUT2D eigenvalue weighted by molar-refractivity contribution is 6.32. The molecule has 21 heavy (non-hydrogen) atoms. The van der Waals surface area contributed by atoms with Crippen LogP contribution in [0.3, 0.4) is 0 Å². The fraction of sp³-hybridized carbons (Fsp3) is 0.533. The van der Waals surface area contributed by atoms with Gasteiger partial charge in [-0.25, -0.2) is 4.39 Å². The molecule has 1 saturated heterocycles. The lowest BCUT2D eigenvalue weighted by atomic mass is 10.2. The predicted octanol–water partition coefficient (Wildman–Crippen LogP) is 2.46. The Labute approximate surface area is 129 Å². The maximum atomic E-state index is 13.0. The number of hydrogen-bond acceptors (Lipinski definition) is 3. The van der Waals surface area contributed by atoms with Crippen molar-refractivity contribution in [1.82, 2.24) is 10.2 Å². The van der Waals surface area contributed by atoms with Gasteiger partial charge in [0.15, 0.2) is 6.10 Å². The van der Waals surface area contributed by atoms with Crippen LogP contribution < -0.4 is 10.1 Å². The van der Waals surface area contributed by atoms with E-state index in [1.807, 2.05) is 11.9 Å². The van der Waals surface area contributed by atoms with Crippen LogP contribution in [-0.2, 0) is 4.79 Å². The number of likely N-dealkylation sites (N-methyl/N-ethyl adjacent to an activating group) is 1. The number of nitrogens with one attached hydrogen (secondary N) is 1. The molecule has 1 heterocycles. The molecule has 1 fully saturated rings. The maximum Gasteiger partial charge on any atom is 0.263 e. The number of rotatable bonds is 5. The van der Waals surface area contributed by atoms with Crippen molar-refractivity contribution in [2.45, 2.75) is 31.9 Å². The molecule has 0 aliphatic carbocycles. The van der Waals surface area contributed by atoms with Crippen molar-refractivity contribution < 1.29 is 13.9 Å².